The molecule has 0 spiro atoms. The maximum absolute atomic E-state index is 0. The molecule has 0 saturated carbocycles. The van der Waals surface area contributed by atoms with Crippen LogP contribution in [-0.2, 0) is 0 Å². The van der Waals surface area contributed by atoms with Crippen molar-refractivity contribution in [3.05, 3.63) is 0 Å². The largest absolute Gasteiger partial charge is 0.269 e. The smallest absolute Gasteiger partial charge is 0 e. The zero-order valence-electron chi connectivity index (χ0n) is 2.86. The van der Waals surface area contributed by atoms with Crippen LogP contribution in [0.2, 0.25) is 0 Å². The summed E-state index contributed by atoms with van der Waals surface area (Å²) in [6.45, 7) is 0. The quantitative estimate of drug-likeness (QED) is 0.433. The average Bonchev–Trinajstić information content (AvgIpc) is 0. The van der Waals surface area contributed by atoms with Gasteiger partial charge in [0.1, 0.15) is 0 Å². The minimum atomic E-state index is 0. The van der Waals surface area contributed by atoms with Gasteiger partial charge in [0.15, 0.2) is 0 Å². The first kappa shape index (κ1) is 2190. The van der Waals surface area contributed by atoms with Gasteiger partial charge in [0.25, 0.3) is 0 Å². The summed E-state index contributed by atoms with van der Waals surface area (Å²) in [5, 5.41) is 0. The first-order valence-corrected chi connectivity index (χ1v) is 0. The molecule has 0 saturated heterocycles. The second-order valence-corrected chi connectivity index (χ2v) is 0. The number of halogens is 6. The molecule has 0 nitrogen and oxygen atoms in total. The molecule has 7 heavy (non-hydrogen) atoms. The Labute approximate surface area is 52.6 Å². The van der Waals surface area contributed by atoms with E-state index in [1.807, 2.05) is 0 Å². The fourth-order valence-electron chi connectivity index (χ4n) is 0. The molecule has 0 heterocycles. The van der Waals surface area contributed by atoms with Crippen molar-refractivity contribution in [3.8, 4) is 0 Å². The third-order valence-corrected chi connectivity index (χ3v) is 0. The predicted octanol–water partition coefficient (Wildman–Crippen LogP) is 0.534. The van der Waals surface area contributed by atoms with Crippen LogP contribution in [0.1, 0.15) is 0 Å². The van der Waals surface area contributed by atoms with E-state index in [4.69, 9.17) is 0 Å². The van der Waals surface area contributed by atoms with E-state index >= 15 is 0 Å². The topological polar surface area (TPSA) is 0 Å². The molecule has 0 aliphatic carbocycles. The molecule has 0 aromatic carbocycles. The fraction of sp³-hybridized carbons (Fsp3) is 0. The third-order valence-electron chi connectivity index (χ3n) is 0. The van der Waals surface area contributed by atoms with Crippen molar-refractivity contribution < 1.29 is 28.2 Å². The number of hydrogen-bond acceptors (Lipinski definition) is 0. The SMILES string of the molecule is F.F.F.F.F.F.[Te]. The van der Waals surface area contributed by atoms with Gasteiger partial charge in [-0.25, -0.2) is 0 Å². The second-order valence-electron chi connectivity index (χ2n) is 0. The van der Waals surface area contributed by atoms with E-state index in [2.05, 4.69) is 0 Å². The van der Waals surface area contributed by atoms with Crippen LogP contribution in [0.5, 0.6) is 0 Å². The van der Waals surface area contributed by atoms with Crippen LogP contribution in [0, 0.1) is 0 Å². The molecule has 0 N–H and O–H groups in total. The molecule has 0 amide bonds. The van der Waals surface area contributed by atoms with Crippen LogP contribution in [-0.4, -0.2) is 23.7 Å². The zero-order valence-corrected chi connectivity index (χ0v) is 5.19. The van der Waals surface area contributed by atoms with Crippen molar-refractivity contribution in [3.63, 3.8) is 0 Å². The van der Waals surface area contributed by atoms with E-state index in [1.54, 1.807) is 0 Å². The van der Waals surface area contributed by atoms with Crippen LogP contribution >= 0.6 is 0 Å². The minimum absolute atomic E-state index is 0. The molecule has 0 aliphatic heterocycles. The van der Waals surface area contributed by atoms with E-state index in [1.165, 1.54) is 0 Å². The Kier molecular flexibility index (Phi) is 420000. The van der Waals surface area contributed by atoms with Crippen molar-refractivity contribution >= 4 is 23.7 Å². The van der Waals surface area contributed by atoms with Gasteiger partial charge in [-0.15, -0.1) is 0 Å². The molecule has 54 valence electrons. The molecule has 0 aliphatic rings. The van der Waals surface area contributed by atoms with Crippen molar-refractivity contribution in [1.82, 2.24) is 0 Å². The Balaban J connectivity index is 0. The molecule has 2 radical (unpaired) electrons. The summed E-state index contributed by atoms with van der Waals surface area (Å²) < 4.78 is 0. The third kappa shape index (κ3) is 890. The maximum Gasteiger partial charge on any atom is 0 e. The Bertz CT molecular complexity index is 4.14. The molecule has 7 heteroatoms. The molecule has 0 rings (SSSR count). The van der Waals surface area contributed by atoms with E-state index in [0.29, 0.717) is 0 Å². The normalized spacial score (nSPS) is 0. The van der Waals surface area contributed by atoms with E-state index < -0.39 is 0 Å². The van der Waals surface area contributed by atoms with Gasteiger partial charge < -0.3 is 0 Å². The van der Waals surface area contributed by atoms with Gasteiger partial charge >= 0.3 is 0 Å². The number of hydrogen-bond donors (Lipinski definition) is 0. The second kappa shape index (κ2) is 1340. The summed E-state index contributed by atoms with van der Waals surface area (Å²) in [6, 6.07) is 0. The Morgan fingerprint density at radius 1 is 0.286 bits per heavy atom. The summed E-state index contributed by atoms with van der Waals surface area (Å²) >= 11 is 0. The molecule has 0 unspecified atom stereocenters. The van der Waals surface area contributed by atoms with Crippen LogP contribution in [0.15, 0.2) is 0 Å². The van der Waals surface area contributed by atoms with Crippen LogP contribution in [0.3, 0.4) is 0 Å². The van der Waals surface area contributed by atoms with E-state index in [9.17, 15) is 0 Å². The van der Waals surface area contributed by atoms with Gasteiger partial charge in [-0.2, -0.15) is 0 Å². The van der Waals surface area contributed by atoms with Crippen molar-refractivity contribution in [2.24, 2.45) is 0 Å². The first-order chi connectivity index (χ1) is 0. The molecule has 0 aromatic heterocycles. The van der Waals surface area contributed by atoms with Gasteiger partial charge in [-0.05, 0) is 0 Å². The number of rotatable bonds is 0. The predicted molar refractivity (Wildman–Crippen MR) is 20.8 cm³/mol. The molecular formula is H6F6Te. The summed E-state index contributed by atoms with van der Waals surface area (Å²) in [5.41, 5.74) is 0. The maximum atomic E-state index is 0. The molecular weight excluding hydrogens is 242 g/mol. The van der Waals surface area contributed by atoms with Crippen molar-refractivity contribution in [2.45, 2.75) is 0 Å². The fourth-order valence-corrected chi connectivity index (χ4v) is 0. The summed E-state index contributed by atoms with van der Waals surface area (Å²) in [5.74, 6) is 0. The summed E-state index contributed by atoms with van der Waals surface area (Å²) in [4.78, 5) is 0. The van der Waals surface area contributed by atoms with E-state index in [0.717, 1.165) is 0 Å². The Hall–Kier alpha value is 0.370. The average molecular weight is 248 g/mol. The van der Waals surface area contributed by atoms with Gasteiger partial charge in [-0.3, -0.25) is 28.2 Å². The monoisotopic (exact) mass is 250 g/mol. The molecule has 0 bridgehead atoms. The van der Waals surface area contributed by atoms with Crippen molar-refractivity contribution in [1.29, 1.82) is 0 Å². The Morgan fingerprint density at radius 2 is 0.286 bits per heavy atom. The van der Waals surface area contributed by atoms with Gasteiger partial charge in [-0.1, -0.05) is 0 Å². The van der Waals surface area contributed by atoms with Gasteiger partial charge in [0, 0.05) is 23.7 Å². The van der Waals surface area contributed by atoms with Gasteiger partial charge in [0.2, 0.25) is 0 Å². The minimum Gasteiger partial charge on any atom is -0.269 e. The first-order valence-electron chi connectivity index (χ1n) is 0. The molecule has 0 aromatic rings. The summed E-state index contributed by atoms with van der Waals surface area (Å²) in [6.07, 6.45) is 0. The van der Waals surface area contributed by atoms with Crippen LogP contribution < -0.4 is 0 Å². The zero-order chi connectivity index (χ0) is 0. The standard InChI is InChI=1S/6FH.Te/h6*1H;. The summed E-state index contributed by atoms with van der Waals surface area (Å²) in [7, 11) is 0. The molecule has 0 atom stereocenters. The van der Waals surface area contributed by atoms with E-state index in [-0.39, 0.29) is 51.9 Å². The van der Waals surface area contributed by atoms with Crippen molar-refractivity contribution in [2.75, 3.05) is 0 Å². The molecule has 0 fully saturated rings. The van der Waals surface area contributed by atoms with Crippen LogP contribution in [0.4, 0.5) is 28.2 Å². The van der Waals surface area contributed by atoms with Crippen LogP contribution in [0.25, 0.3) is 0 Å². The van der Waals surface area contributed by atoms with Gasteiger partial charge in [0.05, 0.1) is 0 Å². The Morgan fingerprint density at radius 3 is 0.286 bits per heavy atom.